The third kappa shape index (κ3) is 6.13. The molecule has 2 N–H and O–H groups in total. The Morgan fingerprint density at radius 1 is 1.42 bits per heavy atom. The van der Waals surface area contributed by atoms with Crippen LogP contribution < -0.4 is 10.2 Å². The Hall–Kier alpha value is -1.59. The van der Waals surface area contributed by atoms with Gasteiger partial charge in [-0.3, -0.25) is 9.69 Å². The molecule has 1 aromatic carbocycles. The van der Waals surface area contributed by atoms with Crippen LogP contribution in [0.4, 0.5) is 5.69 Å². The quantitative estimate of drug-likeness (QED) is 0.711. The summed E-state index contributed by atoms with van der Waals surface area (Å²) < 4.78 is 0. The fourth-order valence-corrected chi connectivity index (χ4v) is 3.24. The van der Waals surface area contributed by atoms with Gasteiger partial charge in [0.2, 0.25) is 5.91 Å². The van der Waals surface area contributed by atoms with Crippen LogP contribution in [0.1, 0.15) is 26.2 Å². The first-order valence-corrected chi connectivity index (χ1v) is 8.99. The lowest BCUT2D eigenvalue weighted by Gasteiger charge is -2.33. The molecule has 0 saturated carbocycles. The molecule has 1 heterocycles. The van der Waals surface area contributed by atoms with Gasteiger partial charge in [0.25, 0.3) is 0 Å². The average Bonchev–Trinajstić information content (AvgIpc) is 2.59. The van der Waals surface area contributed by atoms with Gasteiger partial charge < -0.3 is 15.3 Å². The number of piperidine rings is 1. The number of aliphatic hydroxyl groups excluding tert-OH is 1. The lowest BCUT2D eigenvalue weighted by Crippen LogP contribution is -2.45. The molecule has 0 spiro atoms. The Morgan fingerprint density at radius 3 is 2.88 bits per heavy atom. The molecule has 1 aliphatic rings. The Morgan fingerprint density at radius 2 is 2.17 bits per heavy atom. The minimum Gasteiger partial charge on any atom is -0.393 e. The van der Waals surface area contributed by atoms with Gasteiger partial charge >= 0.3 is 0 Å². The van der Waals surface area contributed by atoms with E-state index in [2.05, 4.69) is 34.3 Å². The lowest BCUT2D eigenvalue weighted by molar-refractivity contribution is -0.122. The topological polar surface area (TPSA) is 55.8 Å². The summed E-state index contributed by atoms with van der Waals surface area (Å²) in [5.74, 6) is 0.384. The number of nitrogens with one attached hydrogen (secondary N) is 1. The molecule has 0 aliphatic carbocycles. The number of likely N-dealkylation sites (tertiary alicyclic amines) is 1. The zero-order valence-corrected chi connectivity index (χ0v) is 14.9. The van der Waals surface area contributed by atoms with Gasteiger partial charge in [-0.25, -0.2) is 0 Å². The summed E-state index contributed by atoms with van der Waals surface area (Å²) in [4.78, 5) is 16.4. The monoisotopic (exact) mass is 333 g/mol. The van der Waals surface area contributed by atoms with Crippen LogP contribution in [-0.2, 0) is 4.79 Å². The lowest BCUT2D eigenvalue weighted by atomic mass is 9.93. The molecule has 1 amide bonds. The van der Waals surface area contributed by atoms with Crippen LogP contribution in [0.15, 0.2) is 30.3 Å². The van der Waals surface area contributed by atoms with Crippen molar-refractivity contribution in [3.63, 3.8) is 0 Å². The molecule has 0 radical (unpaired) electrons. The number of hydrogen-bond acceptors (Lipinski definition) is 4. The highest BCUT2D eigenvalue weighted by molar-refractivity contribution is 5.78. The number of carbonyl (C=O) groups is 1. The van der Waals surface area contributed by atoms with Gasteiger partial charge in [-0.2, -0.15) is 0 Å². The number of carbonyl (C=O) groups excluding carboxylic acids is 1. The summed E-state index contributed by atoms with van der Waals surface area (Å²) in [5.41, 5.74) is 1.20. The van der Waals surface area contributed by atoms with E-state index >= 15 is 0 Å². The van der Waals surface area contributed by atoms with Gasteiger partial charge in [0.15, 0.2) is 0 Å². The highest BCUT2D eigenvalue weighted by Crippen LogP contribution is 2.19. The number of amides is 1. The molecule has 5 heteroatoms. The number of aliphatic hydroxyl groups is 1. The van der Waals surface area contributed by atoms with Gasteiger partial charge in [0, 0.05) is 32.4 Å². The summed E-state index contributed by atoms with van der Waals surface area (Å²) in [6.07, 6.45) is 2.75. The maximum Gasteiger partial charge on any atom is 0.234 e. The Balaban J connectivity index is 1.61. The maximum atomic E-state index is 12.1. The first-order chi connectivity index (χ1) is 11.6. The summed E-state index contributed by atoms with van der Waals surface area (Å²) in [7, 11) is 2.07. The smallest absolute Gasteiger partial charge is 0.234 e. The predicted octanol–water partition coefficient (Wildman–Crippen LogP) is 1.72. The van der Waals surface area contributed by atoms with Crippen molar-refractivity contribution in [1.82, 2.24) is 10.2 Å². The van der Waals surface area contributed by atoms with E-state index < -0.39 is 0 Å². The van der Waals surface area contributed by atoms with E-state index in [0.717, 1.165) is 38.9 Å². The second-order valence-electron chi connectivity index (χ2n) is 6.84. The molecule has 2 unspecified atom stereocenters. The van der Waals surface area contributed by atoms with E-state index in [1.54, 1.807) is 0 Å². The number of hydrogen-bond donors (Lipinski definition) is 2. The van der Waals surface area contributed by atoms with E-state index in [1.807, 2.05) is 25.1 Å². The molecule has 0 aromatic heterocycles. The summed E-state index contributed by atoms with van der Waals surface area (Å²) >= 11 is 0. The second-order valence-corrected chi connectivity index (χ2v) is 6.84. The number of para-hydroxylation sites is 1. The Kier molecular flexibility index (Phi) is 7.53. The summed E-state index contributed by atoms with van der Waals surface area (Å²) in [6.45, 7) is 5.67. The zero-order valence-electron chi connectivity index (χ0n) is 14.9. The van der Waals surface area contributed by atoms with E-state index in [1.165, 1.54) is 5.69 Å². The molecule has 2 atom stereocenters. The Bertz CT molecular complexity index is 493. The fraction of sp³-hybridized carbons (Fsp3) is 0.632. The van der Waals surface area contributed by atoms with Gasteiger partial charge in [-0.15, -0.1) is 0 Å². The van der Waals surface area contributed by atoms with Crippen molar-refractivity contribution in [2.24, 2.45) is 5.92 Å². The minimum absolute atomic E-state index is 0.0867. The minimum atomic E-state index is -0.288. The first kappa shape index (κ1) is 18.7. The Labute approximate surface area is 145 Å². The SMILES string of the molecule is CC(O)C1CCCN(CC(=O)NCCCN(C)c2ccccc2)C1. The maximum absolute atomic E-state index is 12.1. The second kappa shape index (κ2) is 9.64. The average molecular weight is 333 g/mol. The standard InChI is InChI=1S/C19H31N3O2/c1-16(23)17-8-6-13-22(14-17)15-19(24)20-11-7-12-21(2)18-9-4-3-5-10-18/h3-5,9-10,16-17,23H,6-8,11-15H2,1-2H3,(H,20,24). The van der Waals surface area contributed by atoms with Crippen molar-refractivity contribution in [1.29, 1.82) is 0 Å². The molecule has 1 fully saturated rings. The number of rotatable bonds is 8. The van der Waals surface area contributed by atoms with Gasteiger partial charge in [-0.05, 0) is 50.8 Å². The number of benzene rings is 1. The summed E-state index contributed by atoms with van der Waals surface area (Å²) in [5, 5.41) is 12.7. The van der Waals surface area contributed by atoms with Crippen molar-refractivity contribution in [2.75, 3.05) is 44.7 Å². The molecule has 24 heavy (non-hydrogen) atoms. The van der Waals surface area contributed by atoms with Crippen molar-refractivity contribution >= 4 is 11.6 Å². The molecule has 0 bridgehead atoms. The third-order valence-electron chi connectivity index (χ3n) is 4.78. The van der Waals surface area contributed by atoms with Crippen LogP contribution >= 0.6 is 0 Å². The van der Waals surface area contributed by atoms with Crippen molar-refractivity contribution < 1.29 is 9.90 Å². The van der Waals surface area contributed by atoms with Crippen LogP contribution in [0, 0.1) is 5.92 Å². The van der Waals surface area contributed by atoms with Crippen LogP contribution in [0.2, 0.25) is 0 Å². The summed E-state index contributed by atoms with van der Waals surface area (Å²) in [6, 6.07) is 10.3. The normalized spacial score (nSPS) is 19.7. The number of anilines is 1. The highest BCUT2D eigenvalue weighted by atomic mass is 16.3. The zero-order chi connectivity index (χ0) is 17.4. The fourth-order valence-electron chi connectivity index (χ4n) is 3.24. The van der Waals surface area contributed by atoms with E-state index in [4.69, 9.17) is 0 Å². The number of nitrogens with zero attached hydrogens (tertiary/aromatic N) is 2. The van der Waals surface area contributed by atoms with E-state index in [0.29, 0.717) is 19.0 Å². The molecule has 1 aromatic rings. The van der Waals surface area contributed by atoms with Crippen molar-refractivity contribution in [2.45, 2.75) is 32.3 Å². The van der Waals surface area contributed by atoms with Crippen LogP contribution in [0.3, 0.4) is 0 Å². The molecule has 1 saturated heterocycles. The molecular formula is C19H31N3O2. The molecule has 2 rings (SSSR count). The van der Waals surface area contributed by atoms with E-state index in [9.17, 15) is 9.90 Å². The third-order valence-corrected chi connectivity index (χ3v) is 4.78. The molecule has 5 nitrogen and oxygen atoms in total. The van der Waals surface area contributed by atoms with Gasteiger partial charge in [0.1, 0.15) is 0 Å². The largest absolute Gasteiger partial charge is 0.393 e. The van der Waals surface area contributed by atoms with Crippen molar-refractivity contribution in [3.05, 3.63) is 30.3 Å². The van der Waals surface area contributed by atoms with Gasteiger partial charge in [0.05, 0.1) is 12.6 Å². The predicted molar refractivity (Wildman–Crippen MR) is 98.2 cm³/mol. The van der Waals surface area contributed by atoms with Crippen LogP contribution in [0.25, 0.3) is 0 Å². The van der Waals surface area contributed by atoms with Crippen molar-refractivity contribution in [3.8, 4) is 0 Å². The molecule has 1 aliphatic heterocycles. The molecule has 134 valence electrons. The molecular weight excluding hydrogens is 302 g/mol. The van der Waals surface area contributed by atoms with Crippen LogP contribution in [0.5, 0.6) is 0 Å². The highest BCUT2D eigenvalue weighted by Gasteiger charge is 2.24. The van der Waals surface area contributed by atoms with Crippen LogP contribution in [-0.4, -0.2) is 61.8 Å². The van der Waals surface area contributed by atoms with E-state index in [-0.39, 0.29) is 12.0 Å². The van der Waals surface area contributed by atoms with Gasteiger partial charge in [-0.1, -0.05) is 18.2 Å². The first-order valence-electron chi connectivity index (χ1n) is 8.99.